The van der Waals surface area contributed by atoms with Crippen LogP contribution in [0.1, 0.15) is 43.0 Å². The molecule has 2 amide bonds. The van der Waals surface area contributed by atoms with Gasteiger partial charge in [0.1, 0.15) is 17.2 Å². The second-order valence-electron chi connectivity index (χ2n) is 6.45. The summed E-state index contributed by atoms with van der Waals surface area (Å²) in [6.45, 7) is 2.12. The smallest absolute Gasteiger partial charge is 0.257 e. The van der Waals surface area contributed by atoms with Crippen molar-refractivity contribution >= 4 is 11.8 Å². The third kappa shape index (κ3) is 4.29. The SMILES string of the molecule is CC1(N)CCCCC1C(=O)NCCNC(=O)c1c(F)cccc1F. The van der Waals surface area contributed by atoms with E-state index in [9.17, 15) is 18.4 Å². The van der Waals surface area contributed by atoms with E-state index in [1.165, 1.54) is 6.07 Å². The minimum Gasteiger partial charge on any atom is -0.354 e. The van der Waals surface area contributed by atoms with Crippen LogP contribution in [0.3, 0.4) is 0 Å². The van der Waals surface area contributed by atoms with Crippen molar-refractivity contribution in [1.29, 1.82) is 0 Å². The fourth-order valence-electron chi connectivity index (χ4n) is 3.08. The van der Waals surface area contributed by atoms with Crippen molar-refractivity contribution in [1.82, 2.24) is 10.6 Å². The normalized spacial score (nSPS) is 23.6. The lowest BCUT2D eigenvalue weighted by molar-refractivity contribution is -0.128. The molecule has 0 aromatic heterocycles. The number of carbonyl (C=O) groups excluding carboxylic acids is 2. The van der Waals surface area contributed by atoms with Crippen LogP contribution >= 0.6 is 0 Å². The number of hydrogen-bond donors (Lipinski definition) is 3. The zero-order valence-electron chi connectivity index (χ0n) is 13.7. The van der Waals surface area contributed by atoms with Gasteiger partial charge in [-0.1, -0.05) is 18.9 Å². The molecule has 2 rings (SSSR count). The summed E-state index contributed by atoms with van der Waals surface area (Å²) in [5, 5.41) is 5.12. The molecule has 24 heavy (non-hydrogen) atoms. The van der Waals surface area contributed by atoms with Crippen LogP contribution in [0.15, 0.2) is 18.2 Å². The summed E-state index contributed by atoms with van der Waals surface area (Å²) < 4.78 is 27.0. The predicted molar refractivity (Wildman–Crippen MR) is 86.3 cm³/mol. The van der Waals surface area contributed by atoms with Crippen LogP contribution in [0.25, 0.3) is 0 Å². The first-order valence-corrected chi connectivity index (χ1v) is 8.12. The summed E-state index contributed by atoms with van der Waals surface area (Å²) in [6.07, 6.45) is 3.52. The van der Waals surface area contributed by atoms with E-state index in [4.69, 9.17) is 5.73 Å². The van der Waals surface area contributed by atoms with Gasteiger partial charge in [0.05, 0.1) is 5.92 Å². The molecule has 0 bridgehead atoms. The average molecular weight is 339 g/mol. The second kappa shape index (κ2) is 7.70. The van der Waals surface area contributed by atoms with E-state index < -0.39 is 28.6 Å². The van der Waals surface area contributed by atoms with Crippen molar-refractivity contribution in [3.8, 4) is 0 Å². The molecular formula is C17H23F2N3O2. The minimum atomic E-state index is -0.919. The van der Waals surface area contributed by atoms with E-state index in [0.29, 0.717) is 0 Å². The Kier molecular flexibility index (Phi) is 5.88. The Hall–Kier alpha value is -2.02. The predicted octanol–water partition coefficient (Wildman–Crippen LogP) is 1.72. The first kappa shape index (κ1) is 18.3. The van der Waals surface area contributed by atoms with Gasteiger partial charge in [-0.3, -0.25) is 9.59 Å². The number of nitrogens with one attached hydrogen (secondary N) is 2. The summed E-state index contributed by atoms with van der Waals surface area (Å²) in [7, 11) is 0. The maximum absolute atomic E-state index is 13.5. The molecule has 0 heterocycles. The lowest BCUT2D eigenvalue weighted by Gasteiger charge is -2.37. The highest BCUT2D eigenvalue weighted by Crippen LogP contribution is 2.31. The molecular weight excluding hydrogens is 316 g/mol. The van der Waals surface area contributed by atoms with Crippen molar-refractivity contribution in [3.63, 3.8) is 0 Å². The summed E-state index contributed by atoms with van der Waals surface area (Å²) in [4.78, 5) is 24.0. The highest BCUT2D eigenvalue weighted by atomic mass is 19.1. The molecule has 2 atom stereocenters. The minimum absolute atomic E-state index is 0.0757. The molecule has 1 aliphatic carbocycles. The maximum atomic E-state index is 13.5. The van der Waals surface area contributed by atoms with Gasteiger partial charge in [0.15, 0.2) is 0 Å². The number of rotatable bonds is 5. The van der Waals surface area contributed by atoms with E-state index in [2.05, 4.69) is 10.6 Å². The van der Waals surface area contributed by atoms with Crippen LogP contribution in [-0.2, 0) is 4.79 Å². The summed E-state index contributed by atoms with van der Waals surface area (Å²) in [5.74, 6) is -3.09. The Labute approximate surface area is 140 Å². The van der Waals surface area contributed by atoms with Gasteiger partial charge in [-0.15, -0.1) is 0 Å². The summed E-state index contributed by atoms with van der Waals surface area (Å²) >= 11 is 0. The largest absolute Gasteiger partial charge is 0.354 e. The number of benzene rings is 1. The van der Waals surface area contributed by atoms with Crippen LogP contribution < -0.4 is 16.4 Å². The van der Waals surface area contributed by atoms with Crippen LogP contribution in [0.4, 0.5) is 8.78 Å². The van der Waals surface area contributed by atoms with Crippen LogP contribution in [0.5, 0.6) is 0 Å². The summed E-state index contributed by atoms with van der Waals surface area (Å²) in [6, 6.07) is 3.23. The first-order chi connectivity index (χ1) is 11.3. The molecule has 0 aliphatic heterocycles. The van der Waals surface area contributed by atoms with E-state index in [0.717, 1.165) is 37.8 Å². The van der Waals surface area contributed by atoms with Gasteiger partial charge in [0.25, 0.3) is 5.91 Å². The monoisotopic (exact) mass is 339 g/mol. The van der Waals surface area contributed by atoms with Crippen molar-refractivity contribution in [3.05, 3.63) is 35.4 Å². The molecule has 1 aliphatic rings. The van der Waals surface area contributed by atoms with Gasteiger partial charge < -0.3 is 16.4 Å². The molecule has 5 nitrogen and oxygen atoms in total. The first-order valence-electron chi connectivity index (χ1n) is 8.12. The molecule has 7 heteroatoms. The Bertz CT molecular complexity index is 600. The molecule has 0 radical (unpaired) electrons. The van der Waals surface area contributed by atoms with Gasteiger partial charge in [0, 0.05) is 18.6 Å². The molecule has 132 valence electrons. The molecule has 2 unspecified atom stereocenters. The third-order valence-corrected chi connectivity index (χ3v) is 4.47. The van der Waals surface area contributed by atoms with Gasteiger partial charge >= 0.3 is 0 Å². The van der Waals surface area contributed by atoms with Gasteiger partial charge in [-0.25, -0.2) is 8.78 Å². The van der Waals surface area contributed by atoms with Gasteiger partial charge in [0.2, 0.25) is 5.91 Å². The third-order valence-electron chi connectivity index (χ3n) is 4.47. The topological polar surface area (TPSA) is 84.2 Å². The Morgan fingerprint density at radius 1 is 1.21 bits per heavy atom. The summed E-state index contributed by atoms with van der Waals surface area (Å²) in [5.41, 5.74) is 5.03. The van der Waals surface area contributed by atoms with Crippen molar-refractivity contribution < 1.29 is 18.4 Å². The standard InChI is InChI=1S/C17H23F2N3O2/c1-17(20)8-3-2-5-11(17)15(23)21-9-10-22-16(24)14-12(18)6-4-7-13(14)19/h4,6-7,11H,2-3,5,8-10,20H2,1H3,(H,21,23)(H,22,24). The number of carbonyl (C=O) groups is 2. The Morgan fingerprint density at radius 2 is 1.83 bits per heavy atom. The molecule has 1 aromatic carbocycles. The Balaban J connectivity index is 1.80. The molecule has 4 N–H and O–H groups in total. The van der Waals surface area contributed by atoms with Crippen molar-refractivity contribution in [2.24, 2.45) is 11.7 Å². The zero-order valence-corrected chi connectivity index (χ0v) is 13.7. The van der Waals surface area contributed by atoms with E-state index in [1.807, 2.05) is 6.92 Å². The van der Waals surface area contributed by atoms with E-state index in [-0.39, 0.29) is 24.9 Å². The average Bonchev–Trinajstić information content (AvgIpc) is 2.50. The van der Waals surface area contributed by atoms with Crippen LogP contribution in [0, 0.1) is 17.6 Å². The second-order valence-corrected chi connectivity index (χ2v) is 6.45. The number of hydrogen-bond acceptors (Lipinski definition) is 3. The lowest BCUT2D eigenvalue weighted by Crippen LogP contribution is -2.53. The fourth-order valence-corrected chi connectivity index (χ4v) is 3.08. The molecule has 0 spiro atoms. The van der Waals surface area contributed by atoms with Crippen molar-refractivity contribution in [2.45, 2.75) is 38.1 Å². The van der Waals surface area contributed by atoms with Gasteiger partial charge in [-0.2, -0.15) is 0 Å². The van der Waals surface area contributed by atoms with Crippen molar-refractivity contribution in [2.75, 3.05) is 13.1 Å². The lowest BCUT2D eigenvalue weighted by atomic mass is 9.74. The van der Waals surface area contributed by atoms with E-state index in [1.54, 1.807) is 0 Å². The van der Waals surface area contributed by atoms with Gasteiger partial charge in [-0.05, 0) is 31.9 Å². The highest BCUT2D eigenvalue weighted by molar-refractivity contribution is 5.94. The number of nitrogens with two attached hydrogens (primary N) is 1. The zero-order chi connectivity index (χ0) is 17.7. The molecule has 1 fully saturated rings. The highest BCUT2D eigenvalue weighted by Gasteiger charge is 2.37. The quantitative estimate of drug-likeness (QED) is 0.714. The fraction of sp³-hybridized carbons (Fsp3) is 0.529. The number of halogens is 2. The maximum Gasteiger partial charge on any atom is 0.257 e. The number of amides is 2. The van der Waals surface area contributed by atoms with Crippen LogP contribution in [0.2, 0.25) is 0 Å². The Morgan fingerprint density at radius 3 is 2.46 bits per heavy atom. The molecule has 1 aromatic rings. The molecule has 0 saturated heterocycles. The van der Waals surface area contributed by atoms with Crippen LogP contribution in [-0.4, -0.2) is 30.4 Å². The van der Waals surface area contributed by atoms with E-state index >= 15 is 0 Å². The molecule has 1 saturated carbocycles.